The second-order valence-corrected chi connectivity index (χ2v) is 7.60. The van der Waals surface area contributed by atoms with E-state index in [4.69, 9.17) is 4.98 Å². The largest absolute Gasteiger partial charge is 0.352 e. The second kappa shape index (κ2) is 8.42. The molecule has 2 aromatic carbocycles. The van der Waals surface area contributed by atoms with Crippen LogP contribution in [0.25, 0.3) is 33.5 Å². The molecule has 0 radical (unpaired) electrons. The van der Waals surface area contributed by atoms with E-state index in [9.17, 15) is 13.2 Å². The Labute approximate surface area is 187 Å². The van der Waals surface area contributed by atoms with Gasteiger partial charge in [-0.25, -0.2) is 14.1 Å². The van der Waals surface area contributed by atoms with E-state index in [1.54, 1.807) is 24.3 Å². The maximum Gasteiger partial charge on any atom is 0.333 e. The summed E-state index contributed by atoms with van der Waals surface area (Å²) < 4.78 is 40.5. The highest BCUT2D eigenvalue weighted by atomic mass is 19.3. The van der Waals surface area contributed by atoms with Gasteiger partial charge in [0.15, 0.2) is 0 Å². The normalized spacial score (nSPS) is 11.4. The van der Waals surface area contributed by atoms with E-state index in [0.29, 0.717) is 45.2 Å². The number of rotatable bonds is 6. The number of pyridine rings is 1. The van der Waals surface area contributed by atoms with E-state index >= 15 is 0 Å². The zero-order chi connectivity index (χ0) is 22.9. The Hall–Kier alpha value is -4.14. The molecular weight excluding hydrogens is 429 g/mol. The molecule has 166 valence electrons. The second-order valence-electron chi connectivity index (χ2n) is 7.60. The average molecular weight is 448 g/mol. The van der Waals surface area contributed by atoms with Crippen LogP contribution in [0.4, 0.5) is 19.1 Å². The van der Waals surface area contributed by atoms with Crippen LogP contribution in [0.5, 0.6) is 0 Å². The molecule has 0 aliphatic carbocycles. The lowest BCUT2D eigenvalue weighted by Gasteiger charge is -2.05. The number of aryl methyl sites for hydroxylation is 1. The Morgan fingerprint density at radius 3 is 2.67 bits per heavy atom. The van der Waals surface area contributed by atoms with E-state index in [1.807, 2.05) is 31.2 Å². The third kappa shape index (κ3) is 4.17. The molecule has 0 saturated heterocycles. The Morgan fingerprint density at radius 2 is 1.88 bits per heavy atom. The van der Waals surface area contributed by atoms with Gasteiger partial charge >= 0.3 is 6.55 Å². The summed E-state index contributed by atoms with van der Waals surface area (Å²) in [6.07, 6.45) is 1.41. The SMILES string of the molecule is Cc1cccc(-c2[nH]c(NCc3cccc(F)c3)nc2-c2ccc3c(cnn3C(F)F)c2)n1. The summed E-state index contributed by atoms with van der Waals surface area (Å²) in [7, 11) is 0. The van der Waals surface area contributed by atoms with Crippen molar-refractivity contribution in [2.75, 3.05) is 5.32 Å². The summed E-state index contributed by atoms with van der Waals surface area (Å²) in [6, 6.07) is 17.1. The van der Waals surface area contributed by atoms with Crippen molar-refractivity contribution in [3.05, 3.63) is 83.9 Å². The smallest absolute Gasteiger partial charge is 0.333 e. The molecule has 9 heteroatoms. The van der Waals surface area contributed by atoms with Crippen LogP contribution < -0.4 is 5.32 Å². The van der Waals surface area contributed by atoms with Crippen LogP contribution in [-0.2, 0) is 6.54 Å². The molecule has 0 saturated carbocycles. The number of hydrogen-bond donors (Lipinski definition) is 2. The first-order valence-electron chi connectivity index (χ1n) is 10.3. The van der Waals surface area contributed by atoms with Crippen LogP contribution in [0.15, 0.2) is 66.9 Å². The summed E-state index contributed by atoms with van der Waals surface area (Å²) in [5.74, 6) is 0.174. The van der Waals surface area contributed by atoms with Crippen LogP contribution in [0.2, 0.25) is 0 Å². The molecule has 0 bridgehead atoms. The van der Waals surface area contributed by atoms with E-state index in [2.05, 4.69) is 20.4 Å². The topological polar surface area (TPSA) is 71.4 Å². The van der Waals surface area contributed by atoms with Crippen LogP contribution >= 0.6 is 0 Å². The first-order valence-corrected chi connectivity index (χ1v) is 10.3. The molecule has 6 nitrogen and oxygen atoms in total. The van der Waals surface area contributed by atoms with Crippen molar-refractivity contribution in [2.45, 2.75) is 20.0 Å². The molecule has 5 rings (SSSR count). The fourth-order valence-corrected chi connectivity index (χ4v) is 3.72. The van der Waals surface area contributed by atoms with E-state index in [1.165, 1.54) is 18.3 Å². The van der Waals surface area contributed by atoms with Gasteiger partial charge in [0, 0.05) is 23.2 Å². The van der Waals surface area contributed by atoms with Crippen molar-refractivity contribution in [3.8, 4) is 22.6 Å². The Morgan fingerprint density at radius 1 is 1.03 bits per heavy atom. The van der Waals surface area contributed by atoms with Gasteiger partial charge in [-0.05, 0) is 48.9 Å². The molecule has 2 N–H and O–H groups in total. The van der Waals surface area contributed by atoms with Crippen LogP contribution in [-0.4, -0.2) is 24.7 Å². The van der Waals surface area contributed by atoms with Gasteiger partial charge in [-0.1, -0.05) is 24.3 Å². The summed E-state index contributed by atoms with van der Waals surface area (Å²) in [4.78, 5) is 12.6. The maximum atomic E-state index is 13.5. The number of fused-ring (bicyclic) bond motifs is 1. The summed E-state index contributed by atoms with van der Waals surface area (Å²) in [6.45, 7) is -0.455. The molecule has 33 heavy (non-hydrogen) atoms. The van der Waals surface area contributed by atoms with Gasteiger partial charge in [0.1, 0.15) is 5.82 Å². The van der Waals surface area contributed by atoms with Gasteiger partial charge < -0.3 is 10.3 Å². The Bertz CT molecular complexity index is 1440. The van der Waals surface area contributed by atoms with Crippen LogP contribution in [0.3, 0.4) is 0 Å². The summed E-state index contributed by atoms with van der Waals surface area (Å²) >= 11 is 0. The van der Waals surface area contributed by atoms with Gasteiger partial charge in [-0.2, -0.15) is 13.9 Å². The fraction of sp³-hybridized carbons (Fsp3) is 0.125. The van der Waals surface area contributed by atoms with E-state index < -0.39 is 6.55 Å². The molecule has 0 aliphatic rings. The Kier molecular flexibility index (Phi) is 5.29. The number of nitrogens with zero attached hydrogens (tertiary/aromatic N) is 4. The fourth-order valence-electron chi connectivity index (χ4n) is 3.72. The van der Waals surface area contributed by atoms with Gasteiger partial charge in [0.2, 0.25) is 5.95 Å². The number of H-pyrrole nitrogens is 1. The standard InChI is InChI=1S/C24H19F3N6/c1-14-4-2-7-19(30-14)22-21(16-8-9-20-17(11-16)13-29-33(20)23(26)27)31-24(32-22)28-12-15-5-3-6-18(25)10-15/h2-11,13,23H,12H2,1H3,(H2,28,31,32). The lowest BCUT2D eigenvalue weighted by molar-refractivity contribution is 0.0615. The van der Waals surface area contributed by atoms with Crippen molar-refractivity contribution < 1.29 is 13.2 Å². The number of aromatic amines is 1. The lowest BCUT2D eigenvalue weighted by atomic mass is 10.1. The third-order valence-electron chi connectivity index (χ3n) is 5.25. The van der Waals surface area contributed by atoms with Crippen molar-refractivity contribution >= 4 is 16.9 Å². The predicted octanol–water partition coefficient (Wildman–Crippen LogP) is 5.94. The first kappa shape index (κ1) is 20.7. The van der Waals surface area contributed by atoms with E-state index in [-0.39, 0.29) is 5.82 Å². The molecule has 3 aromatic heterocycles. The minimum atomic E-state index is -2.72. The molecule has 3 heterocycles. The zero-order valence-electron chi connectivity index (χ0n) is 17.6. The van der Waals surface area contributed by atoms with Crippen LogP contribution in [0.1, 0.15) is 17.8 Å². The molecule has 0 spiro atoms. The molecule has 0 amide bonds. The molecule has 0 fully saturated rings. The highest BCUT2D eigenvalue weighted by Crippen LogP contribution is 2.33. The monoisotopic (exact) mass is 448 g/mol. The molecule has 0 unspecified atom stereocenters. The van der Waals surface area contributed by atoms with Gasteiger partial charge in [-0.3, -0.25) is 4.98 Å². The van der Waals surface area contributed by atoms with Crippen molar-refractivity contribution in [2.24, 2.45) is 0 Å². The number of aromatic nitrogens is 5. The number of benzene rings is 2. The number of alkyl halides is 2. The van der Waals surface area contributed by atoms with Crippen LogP contribution in [0, 0.1) is 12.7 Å². The predicted molar refractivity (Wildman–Crippen MR) is 120 cm³/mol. The van der Waals surface area contributed by atoms with Gasteiger partial charge in [0.25, 0.3) is 0 Å². The quantitative estimate of drug-likeness (QED) is 0.337. The molecule has 0 aliphatic heterocycles. The van der Waals surface area contributed by atoms with Crippen molar-refractivity contribution in [1.29, 1.82) is 0 Å². The van der Waals surface area contributed by atoms with E-state index in [0.717, 1.165) is 16.8 Å². The number of hydrogen-bond acceptors (Lipinski definition) is 4. The highest BCUT2D eigenvalue weighted by molar-refractivity contribution is 5.87. The third-order valence-corrected chi connectivity index (χ3v) is 5.25. The molecule has 0 atom stereocenters. The first-order chi connectivity index (χ1) is 16.0. The molecular formula is C24H19F3N6. The highest BCUT2D eigenvalue weighted by Gasteiger charge is 2.18. The van der Waals surface area contributed by atoms with Crippen molar-refractivity contribution in [1.82, 2.24) is 24.7 Å². The minimum absolute atomic E-state index is 0.309. The number of anilines is 1. The lowest BCUT2D eigenvalue weighted by Crippen LogP contribution is -2.01. The maximum absolute atomic E-state index is 13.5. The van der Waals surface area contributed by atoms with Gasteiger partial charge in [-0.15, -0.1) is 0 Å². The number of halogens is 3. The summed E-state index contributed by atoms with van der Waals surface area (Å²) in [5.41, 5.74) is 4.66. The van der Waals surface area contributed by atoms with Gasteiger partial charge in [0.05, 0.1) is 28.8 Å². The average Bonchev–Trinajstić information content (AvgIpc) is 3.42. The zero-order valence-corrected chi connectivity index (χ0v) is 17.6. The number of nitrogens with one attached hydrogen (secondary N) is 2. The summed E-state index contributed by atoms with van der Waals surface area (Å²) in [5, 5.41) is 7.54. The van der Waals surface area contributed by atoms with Crippen molar-refractivity contribution in [3.63, 3.8) is 0 Å². The number of imidazole rings is 1. The Balaban J connectivity index is 1.55. The minimum Gasteiger partial charge on any atom is -0.352 e. The molecule has 5 aromatic rings.